The molecule has 0 aliphatic carbocycles. The number of piperidine rings is 1. The van der Waals surface area contributed by atoms with Gasteiger partial charge >= 0.3 is 0 Å². The molecule has 1 saturated heterocycles. The maximum absolute atomic E-state index is 12.4. The van der Waals surface area contributed by atoms with Crippen LogP contribution in [0.25, 0.3) is 0 Å². The number of nitrogens with zero attached hydrogens (tertiary/aromatic N) is 1. The van der Waals surface area contributed by atoms with Crippen LogP contribution in [0.4, 0.5) is 5.69 Å². The summed E-state index contributed by atoms with van der Waals surface area (Å²) in [7, 11) is 0. The minimum absolute atomic E-state index is 0.0379. The highest BCUT2D eigenvalue weighted by molar-refractivity contribution is 6.33. The molecule has 0 saturated carbocycles. The molecule has 1 atom stereocenters. The molecular weight excluding hydrogens is 288 g/mol. The van der Waals surface area contributed by atoms with Crippen molar-refractivity contribution in [3.05, 3.63) is 28.8 Å². The topological polar surface area (TPSA) is 52.6 Å². The highest BCUT2D eigenvalue weighted by atomic mass is 35.5. The molecular formula is C16H23ClN2O2. The molecule has 5 heteroatoms. The van der Waals surface area contributed by atoms with E-state index in [-0.39, 0.29) is 19.1 Å². The van der Waals surface area contributed by atoms with E-state index in [1.54, 1.807) is 18.2 Å². The minimum Gasteiger partial charge on any atom is -0.392 e. The third-order valence-corrected chi connectivity index (χ3v) is 4.39. The zero-order valence-corrected chi connectivity index (χ0v) is 13.2. The van der Waals surface area contributed by atoms with Crippen LogP contribution in [0, 0.1) is 0 Å². The van der Waals surface area contributed by atoms with Crippen LogP contribution in [0.1, 0.15) is 38.2 Å². The number of rotatable bonds is 5. The highest BCUT2D eigenvalue weighted by Crippen LogP contribution is 2.24. The standard InChI is InChI=1S/C16H23ClN2O2/c1-2-13-5-3-4-8-19(13)16(21)10-18-15-9-12(11-20)6-7-14(15)17/h6-7,9,13,18,20H,2-5,8,10-11H2,1H3. The second-order valence-electron chi connectivity index (χ2n) is 5.47. The van der Waals surface area contributed by atoms with Crippen LogP contribution < -0.4 is 5.32 Å². The predicted octanol–water partition coefficient (Wildman–Crippen LogP) is 3.04. The Kier molecular flexibility index (Phi) is 5.88. The molecule has 1 fully saturated rings. The van der Waals surface area contributed by atoms with E-state index in [0.717, 1.165) is 31.4 Å². The van der Waals surface area contributed by atoms with Crippen LogP contribution in [-0.2, 0) is 11.4 Å². The average molecular weight is 311 g/mol. The fraction of sp³-hybridized carbons (Fsp3) is 0.562. The van der Waals surface area contributed by atoms with E-state index in [1.165, 1.54) is 6.42 Å². The molecule has 2 rings (SSSR count). The van der Waals surface area contributed by atoms with Crippen molar-refractivity contribution in [3.63, 3.8) is 0 Å². The first-order valence-corrected chi connectivity index (χ1v) is 7.96. The lowest BCUT2D eigenvalue weighted by Crippen LogP contribution is -2.45. The predicted molar refractivity (Wildman–Crippen MR) is 85.5 cm³/mol. The average Bonchev–Trinajstić information content (AvgIpc) is 2.53. The van der Waals surface area contributed by atoms with Gasteiger partial charge < -0.3 is 15.3 Å². The lowest BCUT2D eigenvalue weighted by molar-refractivity contribution is -0.133. The maximum Gasteiger partial charge on any atom is 0.242 e. The number of carbonyl (C=O) groups is 1. The number of hydrogen-bond acceptors (Lipinski definition) is 3. The summed E-state index contributed by atoms with van der Waals surface area (Å²) in [6.07, 6.45) is 4.40. The number of anilines is 1. The van der Waals surface area contributed by atoms with Crippen LogP contribution in [0.5, 0.6) is 0 Å². The summed E-state index contributed by atoms with van der Waals surface area (Å²) in [6.45, 7) is 3.18. The van der Waals surface area contributed by atoms with Crippen molar-refractivity contribution in [3.8, 4) is 0 Å². The number of benzene rings is 1. The number of nitrogens with one attached hydrogen (secondary N) is 1. The first-order chi connectivity index (χ1) is 10.2. The Morgan fingerprint density at radius 3 is 3.00 bits per heavy atom. The molecule has 1 aliphatic heterocycles. The highest BCUT2D eigenvalue weighted by Gasteiger charge is 2.24. The largest absolute Gasteiger partial charge is 0.392 e. The van der Waals surface area contributed by atoms with Gasteiger partial charge in [0.15, 0.2) is 0 Å². The molecule has 1 unspecified atom stereocenters. The second-order valence-corrected chi connectivity index (χ2v) is 5.88. The number of aliphatic hydroxyl groups is 1. The number of carbonyl (C=O) groups excluding carboxylic acids is 1. The van der Waals surface area contributed by atoms with E-state index in [9.17, 15) is 4.79 Å². The Morgan fingerprint density at radius 1 is 1.48 bits per heavy atom. The molecule has 1 heterocycles. The molecule has 0 aromatic heterocycles. The molecule has 116 valence electrons. The lowest BCUT2D eigenvalue weighted by Gasteiger charge is -2.35. The van der Waals surface area contributed by atoms with Crippen molar-refractivity contribution < 1.29 is 9.90 Å². The van der Waals surface area contributed by atoms with E-state index < -0.39 is 0 Å². The van der Waals surface area contributed by atoms with Crippen LogP contribution in [-0.4, -0.2) is 35.0 Å². The Bertz CT molecular complexity index is 493. The Balaban J connectivity index is 1.97. The molecule has 4 nitrogen and oxygen atoms in total. The summed E-state index contributed by atoms with van der Waals surface area (Å²) in [5.41, 5.74) is 1.47. The van der Waals surface area contributed by atoms with Crippen LogP contribution in [0.2, 0.25) is 5.02 Å². The molecule has 21 heavy (non-hydrogen) atoms. The third kappa shape index (κ3) is 4.11. The van der Waals surface area contributed by atoms with Crippen molar-refractivity contribution in [1.82, 2.24) is 4.90 Å². The summed E-state index contributed by atoms with van der Waals surface area (Å²) in [5.74, 6) is 0.118. The summed E-state index contributed by atoms with van der Waals surface area (Å²) < 4.78 is 0. The Morgan fingerprint density at radius 2 is 2.29 bits per heavy atom. The maximum atomic E-state index is 12.4. The van der Waals surface area contributed by atoms with E-state index in [0.29, 0.717) is 16.8 Å². The summed E-state index contributed by atoms with van der Waals surface area (Å²) in [5, 5.41) is 12.8. The van der Waals surface area contributed by atoms with Gasteiger partial charge in [-0.15, -0.1) is 0 Å². The molecule has 0 radical (unpaired) electrons. The lowest BCUT2D eigenvalue weighted by atomic mass is 10.00. The van der Waals surface area contributed by atoms with Gasteiger partial charge in [-0.3, -0.25) is 4.79 Å². The number of likely N-dealkylation sites (tertiary alicyclic amines) is 1. The van der Waals surface area contributed by atoms with Gasteiger partial charge in [-0.2, -0.15) is 0 Å². The summed E-state index contributed by atoms with van der Waals surface area (Å²) in [6, 6.07) is 5.65. The first kappa shape index (κ1) is 16.1. The molecule has 0 bridgehead atoms. The minimum atomic E-state index is -0.0379. The van der Waals surface area contributed by atoms with E-state index in [1.807, 2.05) is 4.90 Å². The zero-order valence-electron chi connectivity index (χ0n) is 12.4. The second kappa shape index (κ2) is 7.66. The smallest absolute Gasteiger partial charge is 0.242 e. The van der Waals surface area contributed by atoms with Crippen LogP contribution in [0.15, 0.2) is 18.2 Å². The van der Waals surface area contributed by atoms with E-state index >= 15 is 0 Å². The fourth-order valence-corrected chi connectivity index (χ4v) is 3.02. The molecule has 1 amide bonds. The summed E-state index contributed by atoms with van der Waals surface area (Å²) >= 11 is 6.11. The normalized spacial score (nSPS) is 18.6. The van der Waals surface area contributed by atoms with E-state index in [2.05, 4.69) is 12.2 Å². The van der Waals surface area contributed by atoms with Gasteiger partial charge in [0.1, 0.15) is 0 Å². The molecule has 1 aromatic carbocycles. The fourth-order valence-electron chi connectivity index (χ4n) is 2.83. The molecule has 1 aromatic rings. The zero-order chi connectivity index (χ0) is 15.2. The number of aliphatic hydroxyl groups excluding tert-OH is 1. The number of halogens is 1. The van der Waals surface area contributed by atoms with Crippen molar-refractivity contribution in [1.29, 1.82) is 0 Å². The monoisotopic (exact) mass is 310 g/mol. The van der Waals surface area contributed by atoms with Crippen molar-refractivity contribution >= 4 is 23.2 Å². The van der Waals surface area contributed by atoms with Gasteiger partial charge in [0.2, 0.25) is 5.91 Å². The molecule has 2 N–H and O–H groups in total. The molecule has 1 aliphatic rings. The van der Waals surface area contributed by atoms with Crippen LogP contribution in [0.3, 0.4) is 0 Å². The van der Waals surface area contributed by atoms with Gasteiger partial charge in [0, 0.05) is 12.6 Å². The van der Waals surface area contributed by atoms with Crippen LogP contribution >= 0.6 is 11.6 Å². The third-order valence-electron chi connectivity index (χ3n) is 4.06. The van der Waals surface area contributed by atoms with Gasteiger partial charge in [-0.25, -0.2) is 0 Å². The summed E-state index contributed by atoms with van der Waals surface area (Å²) in [4.78, 5) is 14.4. The quantitative estimate of drug-likeness (QED) is 0.879. The van der Waals surface area contributed by atoms with Gasteiger partial charge in [0.25, 0.3) is 0 Å². The first-order valence-electron chi connectivity index (χ1n) is 7.58. The molecule has 0 spiro atoms. The number of hydrogen-bond donors (Lipinski definition) is 2. The number of amides is 1. The Labute approximate surface area is 131 Å². The van der Waals surface area contributed by atoms with E-state index in [4.69, 9.17) is 16.7 Å². The van der Waals surface area contributed by atoms with Gasteiger partial charge in [0.05, 0.1) is 23.9 Å². The van der Waals surface area contributed by atoms with Crippen molar-refractivity contribution in [2.24, 2.45) is 0 Å². The van der Waals surface area contributed by atoms with Gasteiger partial charge in [-0.05, 0) is 43.4 Å². The SMILES string of the molecule is CCC1CCCCN1C(=O)CNc1cc(CO)ccc1Cl. The van der Waals surface area contributed by atoms with Gasteiger partial charge in [-0.1, -0.05) is 24.6 Å². The Hall–Kier alpha value is -1.26. The van der Waals surface area contributed by atoms with Crippen molar-refractivity contribution in [2.45, 2.75) is 45.3 Å². The van der Waals surface area contributed by atoms with Crippen molar-refractivity contribution in [2.75, 3.05) is 18.4 Å².